The Morgan fingerprint density at radius 2 is 2.12 bits per heavy atom. The maximum absolute atomic E-state index is 6.08. The summed E-state index contributed by atoms with van der Waals surface area (Å²) in [6.07, 6.45) is 1.27. The first-order valence-corrected chi connectivity index (χ1v) is 9.28. The van der Waals surface area contributed by atoms with Gasteiger partial charge in [-0.05, 0) is 34.1 Å². The van der Waals surface area contributed by atoms with Gasteiger partial charge in [0.15, 0.2) is 16.1 Å². The Morgan fingerprint density at radius 3 is 2.92 bits per heavy atom. The third kappa shape index (κ3) is 3.27. The molecule has 0 amide bonds. The van der Waals surface area contributed by atoms with Crippen LogP contribution in [0.2, 0.25) is 0 Å². The van der Waals surface area contributed by atoms with Gasteiger partial charge in [0, 0.05) is 17.0 Å². The van der Waals surface area contributed by atoms with E-state index in [9.17, 15) is 0 Å². The quantitative estimate of drug-likeness (QED) is 0.488. The molecule has 0 spiro atoms. The van der Waals surface area contributed by atoms with Gasteiger partial charge in [0.05, 0.1) is 0 Å². The van der Waals surface area contributed by atoms with Crippen molar-refractivity contribution in [3.8, 4) is 17.1 Å². The van der Waals surface area contributed by atoms with Crippen LogP contribution in [0.25, 0.3) is 11.3 Å². The first-order valence-electron chi connectivity index (χ1n) is 7.51. The van der Waals surface area contributed by atoms with Crippen molar-refractivity contribution in [1.82, 2.24) is 15.2 Å². The van der Waals surface area contributed by atoms with Gasteiger partial charge in [-0.3, -0.25) is 0 Å². The number of nitrogens with one attached hydrogen (secondary N) is 1. The molecule has 3 heterocycles. The Morgan fingerprint density at radius 1 is 1.24 bits per heavy atom. The number of ether oxygens (including phenoxy) is 1. The summed E-state index contributed by atoms with van der Waals surface area (Å²) in [5, 5.41) is 12.4. The average molecular weight is 417 g/mol. The number of hydrogen-bond donors (Lipinski definition) is 1. The number of anilines is 1. The third-order valence-corrected chi connectivity index (χ3v) is 4.78. The highest BCUT2D eigenvalue weighted by atomic mass is 79.9. The minimum Gasteiger partial charge on any atom is -0.448 e. The Balaban J connectivity index is 1.80. The second-order valence-corrected chi connectivity index (χ2v) is 6.95. The summed E-state index contributed by atoms with van der Waals surface area (Å²) in [7, 11) is 0. The number of rotatable bonds is 4. The Hall–Kier alpha value is -2.32. The fourth-order valence-electron chi connectivity index (χ4n) is 2.44. The van der Waals surface area contributed by atoms with Crippen molar-refractivity contribution in [3.05, 3.63) is 59.5 Å². The molecule has 0 radical (unpaired) electrons. The molecule has 25 heavy (non-hydrogen) atoms. The minimum absolute atomic E-state index is 0.413. The van der Waals surface area contributed by atoms with E-state index in [0.29, 0.717) is 32.9 Å². The van der Waals surface area contributed by atoms with Crippen molar-refractivity contribution < 1.29 is 9.15 Å². The summed E-state index contributed by atoms with van der Waals surface area (Å²) in [5.74, 6) is 1.74. The lowest BCUT2D eigenvalue weighted by atomic mass is 10.1. The van der Waals surface area contributed by atoms with Gasteiger partial charge in [-0.2, -0.15) is 4.98 Å². The molecule has 0 bridgehead atoms. The third-order valence-electron chi connectivity index (χ3n) is 3.52. The van der Waals surface area contributed by atoms with Crippen molar-refractivity contribution in [1.29, 1.82) is 0 Å². The molecule has 3 aromatic rings. The molecular weight excluding hydrogens is 404 g/mol. The molecule has 1 aliphatic rings. The molecule has 1 unspecified atom stereocenters. The van der Waals surface area contributed by atoms with E-state index >= 15 is 0 Å². The van der Waals surface area contributed by atoms with Crippen LogP contribution in [0.4, 0.5) is 5.69 Å². The fourth-order valence-corrected chi connectivity index (χ4v) is 3.27. The Labute approximate surface area is 156 Å². The number of para-hydroxylation sites is 1. The van der Waals surface area contributed by atoms with Gasteiger partial charge in [0.25, 0.3) is 0 Å². The molecule has 2 aromatic heterocycles. The van der Waals surface area contributed by atoms with Gasteiger partial charge in [0.1, 0.15) is 0 Å². The van der Waals surface area contributed by atoms with Crippen LogP contribution in [0.5, 0.6) is 5.88 Å². The smallest absolute Gasteiger partial charge is 0.247 e. The van der Waals surface area contributed by atoms with Crippen LogP contribution in [0.3, 0.4) is 0 Å². The van der Waals surface area contributed by atoms with Crippen molar-refractivity contribution in [2.75, 3.05) is 11.1 Å². The largest absolute Gasteiger partial charge is 0.448 e. The van der Waals surface area contributed by atoms with Gasteiger partial charge < -0.3 is 14.5 Å². The molecule has 4 rings (SSSR count). The Bertz CT molecular complexity index is 931. The zero-order valence-corrected chi connectivity index (χ0v) is 15.4. The molecule has 1 N–H and O–H groups in total. The van der Waals surface area contributed by atoms with E-state index in [2.05, 4.69) is 43.0 Å². The zero-order chi connectivity index (χ0) is 17.2. The van der Waals surface area contributed by atoms with Gasteiger partial charge in [-0.1, -0.05) is 36.0 Å². The van der Waals surface area contributed by atoms with E-state index in [4.69, 9.17) is 9.15 Å². The highest BCUT2D eigenvalue weighted by Gasteiger charge is 2.27. The summed E-state index contributed by atoms with van der Waals surface area (Å²) >= 11 is 4.77. The topological polar surface area (TPSA) is 73.1 Å². The van der Waals surface area contributed by atoms with Gasteiger partial charge >= 0.3 is 0 Å². The standard InChI is InChI=1S/C17H13BrN4O2S/c1-2-9-25-17-20-16-14(21-22-17)10-5-3-4-6-11(10)19-15(24-16)12-7-8-13(18)23-12/h2-8,15,19H,1,9H2. The van der Waals surface area contributed by atoms with E-state index in [1.165, 1.54) is 11.8 Å². The first-order chi connectivity index (χ1) is 12.2. The van der Waals surface area contributed by atoms with Crippen molar-refractivity contribution >= 4 is 33.4 Å². The lowest BCUT2D eigenvalue weighted by Crippen LogP contribution is -2.16. The van der Waals surface area contributed by atoms with Crippen molar-refractivity contribution in [2.24, 2.45) is 0 Å². The zero-order valence-electron chi connectivity index (χ0n) is 13.0. The van der Waals surface area contributed by atoms with Gasteiger partial charge in [-0.15, -0.1) is 16.8 Å². The number of furan rings is 1. The predicted molar refractivity (Wildman–Crippen MR) is 99.6 cm³/mol. The SMILES string of the molecule is C=CCSc1nnc2c(n1)OC(c1ccc(Br)o1)Nc1ccccc1-2. The summed E-state index contributed by atoms with van der Waals surface area (Å²) in [6, 6.07) is 11.5. The Kier molecular flexibility index (Phi) is 4.46. The second-order valence-electron chi connectivity index (χ2n) is 5.18. The van der Waals surface area contributed by atoms with E-state index in [1.54, 1.807) is 6.08 Å². The van der Waals surface area contributed by atoms with Crippen LogP contribution in [0.15, 0.2) is 63.3 Å². The summed E-state index contributed by atoms with van der Waals surface area (Å²) in [5.41, 5.74) is 2.35. The van der Waals surface area contributed by atoms with E-state index in [-0.39, 0.29) is 0 Å². The van der Waals surface area contributed by atoms with Crippen LogP contribution in [-0.2, 0) is 0 Å². The van der Waals surface area contributed by atoms with E-state index in [0.717, 1.165) is 11.3 Å². The highest BCUT2D eigenvalue weighted by Crippen LogP contribution is 2.39. The van der Waals surface area contributed by atoms with E-state index in [1.807, 2.05) is 36.4 Å². The molecule has 126 valence electrons. The monoisotopic (exact) mass is 416 g/mol. The molecule has 1 atom stereocenters. The minimum atomic E-state index is -0.525. The molecule has 0 saturated carbocycles. The molecule has 1 aliphatic heterocycles. The normalized spacial score (nSPS) is 15.3. The lowest BCUT2D eigenvalue weighted by Gasteiger charge is -2.16. The predicted octanol–water partition coefficient (Wildman–Crippen LogP) is 4.68. The van der Waals surface area contributed by atoms with Gasteiger partial charge in [0.2, 0.25) is 17.3 Å². The molecule has 0 aliphatic carbocycles. The molecule has 0 fully saturated rings. The second kappa shape index (κ2) is 6.89. The van der Waals surface area contributed by atoms with Crippen LogP contribution in [0, 0.1) is 0 Å². The molecule has 8 heteroatoms. The van der Waals surface area contributed by atoms with Crippen molar-refractivity contribution in [2.45, 2.75) is 11.4 Å². The average Bonchev–Trinajstić information content (AvgIpc) is 2.99. The number of hydrogen-bond acceptors (Lipinski definition) is 7. The maximum Gasteiger partial charge on any atom is 0.247 e. The number of nitrogens with zero attached hydrogens (tertiary/aromatic N) is 3. The molecule has 1 aromatic carbocycles. The summed E-state index contributed by atoms with van der Waals surface area (Å²) < 4.78 is 12.4. The van der Waals surface area contributed by atoms with Crippen LogP contribution in [0.1, 0.15) is 12.0 Å². The van der Waals surface area contributed by atoms with Crippen molar-refractivity contribution in [3.63, 3.8) is 0 Å². The number of fused-ring (bicyclic) bond motifs is 3. The van der Waals surface area contributed by atoms with Gasteiger partial charge in [-0.25, -0.2) is 0 Å². The number of aromatic nitrogens is 3. The molecule has 0 saturated heterocycles. The van der Waals surface area contributed by atoms with Crippen LogP contribution >= 0.6 is 27.7 Å². The number of halogens is 1. The number of thioether (sulfide) groups is 1. The molecular formula is C17H13BrN4O2S. The van der Waals surface area contributed by atoms with Crippen LogP contribution < -0.4 is 10.1 Å². The number of benzene rings is 1. The van der Waals surface area contributed by atoms with Crippen LogP contribution in [-0.4, -0.2) is 20.9 Å². The maximum atomic E-state index is 6.08. The molecule has 6 nitrogen and oxygen atoms in total. The van der Waals surface area contributed by atoms with E-state index < -0.39 is 6.23 Å². The summed E-state index contributed by atoms with van der Waals surface area (Å²) in [6.45, 7) is 3.71. The first kappa shape index (κ1) is 16.2. The summed E-state index contributed by atoms with van der Waals surface area (Å²) in [4.78, 5) is 4.52. The highest BCUT2D eigenvalue weighted by molar-refractivity contribution is 9.10. The fraction of sp³-hybridized carbons (Fsp3) is 0.118. The lowest BCUT2D eigenvalue weighted by molar-refractivity contribution is 0.194.